The highest BCUT2D eigenvalue weighted by Crippen LogP contribution is 2.71. The number of allylic oxidation sites excluding steroid dienone is 4. The Morgan fingerprint density at radius 1 is 1.27 bits per heavy atom. The van der Waals surface area contributed by atoms with E-state index in [0.29, 0.717) is 31.3 Å². The summed E-state index contributed by atoms with van der Waals surface area (Å²) in [7, 11) is 0. The number of alkyl halides is 1. The lowest BCUT2D eigenvalue weighted by molar-refractivity contribution is -0.228. The van der Waals surface area contributed by atoms with E-state index in [1.54, 1.807) is 13.0 Å². The number of esters is 1. The smallest absolute Gasteiger partial charge is 0.306 e. The number of aliphatic hydroxyl groups excluding tert-OH is 2. The van der Waals surface area contributed by atoms with Crippen molar-refractivity contribution in [1.29, 1.82) is 0 Å². The first kappa shape index (κ1) is 24.3. The lowest BCUT2D eigenvalue weighted by Gasteiger charge is -2.62. The minimum Gasteiger partial charge on any atom is -0.450 e. The van der Waals surface area contributed by atoms with Crippen molar-refractivity contribution < 1.29 is 33.7 Å². The number of hydrogen-bond donors (Lipinski definition) is 2. The number of fused-ring (bicyclic) bond motifs is 5. The Morgan fingerprint density at radius 2 is 1.97 bits per heavy atom. The van der Waals surface area contributed by atoms with Crippen LogP contribution in [0.1, 0.15) is 66.2 Å². The minimum atomic E-state index is -2.02. The Bertz CT molecular complexity index is 941. The van der Waals surface area contributed by atoms with Crippen molar-refractivity contribution in [3.05, 3.63) is 23.8 Å². The van der Waals surface area contributed by atoms with Crippen LogP contribution in [0.15, 0.2) is 23.8 Å². The average Bonchev–Trinajstić information content (AvgIpc) is 2.97. The summed E-state index contributed by atoms with van der Waals surface area (Å²) in [5.74, 6) is -2.65. The molecule has 0 bridgehead atoms. The number of ketones is 2. The molecule has 7 heteroatoms. The number of carbonyl (C=O) groups excluding carboxylic acids is 3. The van der Waals surface area contributed by atoms with Crippen LogP contribution >= 0.6 is 0 Å². The van der Waals surface area contributed by atoms with E-state index in [0.717, 1.165) is 0 Å². The molecule has 0 spiro atoms. The first-order valence-corrected chi connectivity index (χ1v) is 12.1. The zero-order chi connectivity index (χ0) is 24.4. The van der Waals surface area contributed by atoms with Crippen LogP contribution < -0.4 is 0 Å². The van der Waals surface area contributed by atoms with Crippen LogP contribution in [0.4, 0.5) is 4.39 Å². The second-order valence-corrected chi connectivity index (χ2v) is 10.9. The summed E-state index contributed by atoms with van der Waals surface area (Å²) in [4.78, 5) is 37.9. The van der Waals surface area contributed by atoms with Gasteiger partial charge < -0.3 is 14.9 Å². The summed E-state index contributed by atoms with van der Waals surface area (Å²) in [6.45, 7) is 6.42. The van der Waals surface area contributed by atoms with Gasteiger partial charge in [-0.1, -0.05) is 32.4 Å². The summed E-state index contributed by atoms with van der Waals surface area (Å²) < 4.78 is 23.1. The number of carbonyl (C=O) groups is 3. The Labute approximate surface area is 194 Å². The third-order valence-electron chi connectivity index (χ3n) is 9.47. The molecule has 3 saturated carbocycles. The lowest BCUT2D eigenvalue weighted by atomic mass is 9.44. The van der Waals surface area contributed by atoms with Crippen molar-refractivity contribution in [3.63, 3.8) is 0 Å². The highest BCUT2D eigenvalue weighted by Gasteiger charge is 2.77. The van der Waals surface area contributed by atoms with E-state index in [9.17, 15) is 24.6 Å². The second kappa shape index (κ2) is 7.84. The molecule has 6 nitrogen and oxygen atoms in total. The fourth-order valence-corrected chi connectivity index (χ4v) is 7.95. The van der Waals surface area contributed by atoms with Crippen molar-refractivity contribution >= 4 is 17.5 Å². The van der Waals surface area contributed by atoms with Crippen molar-refractivity contribution in [3.8, 4) is 0 Å². The normalized spacial score (nSPS) is 46.2. The molecule has 3 fully saturated rings. The Hall–Kier alpha value is -1.86. The van der Waals surface area contributed by atoms with Gasteiger partial charge in [0.15, 0.2) is 17.1 Å². The summed E-state index contributed by atoms with van der Waals surface area (Å²) in [5.41, 5.74) is -5.10. The van der Waals surface area contributed by atoms with Crippen LogP contribution in [0.2, 0.25) is 0 Å². The standard InChI is InChI=1S/C26H35FO6/c1-5-6-22(32)33-26(21(31)14-28)15(2)11-19-18-8-7-16-12-17(29)9-10-23(16,3)25(18,27)20(30)13-24(19,26)4/h9-10,12,15,18-20,28,30H,5-8,11,13-14H2,1-4H3/t15-,18-,19?,20-,23-,24-,25+,26?/m0/s1. The number of Topliss-reactive ketones (excluding diaryl/α,β-unsaturated/α-hetero) is 1. The van der Waals surface area contributed by atoms with E-state index >= 15 is 4.39 Å². The van der Waals surface area contributed by atoms with E-state index < -0.39 is 58.4 Å². The highest BCUT2D eigenvalue weighted by molar-refractivity contribution is 6.01. The third-order valence-corrected chi connectivity index (χ3v) is 9.47. The van der Waals surface area contributed by atoms with Gasteiger partial charge in [0.1, 0.15) is 6.61 Å². The molecule has 2 unspecified atom stereocenters. The van der Waals surface area contributed by atoms with E-state index in [2.05, 4.69) is 0 Å². The van der Waals surface area contributed by atoms with Gasteiger partial charge in [0, 0.05) is 29.1 Å². The van der Waals surface area contributed by atoms with Crippen LogP contribution in [0.3, 0.4) is 0 Å². The first-order valence-electron chi connectivity index (χ1n) is 12.1. The number of ether oxygens (including phenoxy) is 1. The summed E-state index contributed by atoms with van der Waals surface area (Å²) in [5, 5.41) is 21.3. The third kappa shape index (κ3) is 2.94. The van der Waals surface area contributed by atoms with Gasteiger partial charge in [-0.25, -0.2) is 4.39 Å². The molecule has 4 aliphatic rings. The summed E-state index contributed by atoms with van der Waals surface area (Å²) in [6, 6.07) is 0. The maximum absolute atomic E-state index is 17.2. The molecule has 0 amide bonds. The predicted octanol–water partition coefficient (Wildman–Crippen LogP) is 3.25. The van der Waals surface area contributed by atoms with E-state index in [4.69, 9.17) is 4.74 Å². The van der Waals surface area contributed by atoms with E-state index in [1.807, 2.05) is 20.8 Å². The Kier molecular flexibility index (Phi) is 5.77. The van der Waals surface area contributed by atoms with Gasteiger partial charge in [0.25, 0.3) is 0 Å². The molecule has 0 aromatic carbocycles. The molecule has 182 valence electrons. The largest absolute Gasteiger partial charge is 0.450 e. The van der Waals surface area contributed by atoms with Crippen LogP contribution in [0.5, 0.6) is 0 Å². The van der Waals surface area contributed by atoms with Gasteiger partial charge in [0.2, 0.25) is 5.78 Å². The van der Waals surface area contributed by atoms with Crippen molar-refractivity contribution in [2.75, 3.05) is 6.61 Å². The van der Waals surface area contributed by atoms with Crippen LogP contribution in [-0.4, -0.2) is 51.7 Å². The molecular formula is C26H35FO6. The molecule has 4 rings (SSSR count). The molecular weight excluding hydrogens is 427 g/mol. The number of aliphatic hydroxyl groups is 2. The molecule has 0 aliphatic heterocycles. The maximum Gasteiger partial charge on any atom is 0.306 e. The van der Waals surface area contributed by atoms with Gasteiger partial charge in [-0.3, -0.25) is 14.4 Å². The zero-order valence-corrected chi connectivity index (χ0v) is 19.9. The zero-order valence-electron chi connectivity index (χ0n) is 19.9. The van der Waals surface area contributed by atoms with Gasteiger partial charge in [-0.05, 0) is 57.1 Å². The Balaban J connectivity index is 1.83. The number of hydrogen-bond acceptors (Lipinski definition) is 6. The molecule has 0 radical (unpaired) electrons. The SMILES string of the molecule is CCCC(=O)OC1(C(=O)CO)[C@@H](C)CC2[C@@H]3CCC4=CC(=O)C=C[C@]4(C)[C@]3(F)[C@@H](O)C[C@@]21C. The van der Waals surface area contributed by atoms with E-state index in [-0.39, 0.29) is 24.5 Å². The van der Waals surface area contributed by atoms with Gasteiger partial charge in [-0.2, -0.15) is 0 Å². The quantitative estimate of drug-likeness (QED) is 0.609. The summed E-state index contributed by atoms with van der Waals surface area (Å²) >= 11 is 0. The summed E-state index contributed by atoms with van der Waals surface area (Å²) in [6.07, 6.45) is 5.02. The minimum absolute atomic E-state index is 0.0786. The molecule has 8 atom stereocenters. The van der Waals surface area contributed by atoms with E-state index in [1.165, 1.54) is 12.2 Å². The van der Waals surface area contributed by atoms with Crippen LogP contribution in [0, 0.1) is 28.6 Å². The fraction of sp³-hybridized carbons (Fsp3) is 0.731. The van der Waals surface area contributed by atoms with Gasteiger partial charge in [0.05, 0.1) is 6.10 Å². The van der Waals surface area contributed by atoms with Crippen LogP contribution in [-0.2, 0) is 19.1 Å². The molecule has 2 N–H and O–H groups in total. The van der Waals surface area contributed by atoms with Gasteiger partial charge in [-0.15, -0.1) is 0 Å². The molecule has 0 saturated heterocycles. The van der Waals surface area contributed by atoms with Crippen molar-refractivity contribution in [2.45, 2.75) is 83.6 Å². The molecule has 33 heavy (non-hydrogen) atoms. The first-order chi connectivity index (χ1) is 15.4. The lowest BCUT2D eigenvalue weighted by Crippen LogP contribution is -2.70. The fourth-order valence-electron chi connectivity index (χ4n) is 7.95. The highest BCUT2D eigenvalue weighted by atomic mass is 19.1. The monoisotopic (exact) mass is 462 g/mol. The second-order valence-electron chi connectivity index (χ2n) is 10.9. The van der Waals surface area contributed by atoms with Gasteiger partial charge >= 0.3 is 5.97 Å². The molecule has 4 aliphatic carbocycles. The predicted molar refractivity (Wildman–Crippen MR) is 119 cm³/mol. The average molecular weight is 463 g/mol. The topological polar surface area (TPSA) is 101 Å². The van der Waals surface area contributed by atoms with Crippen LogP contribution in [0.25, 0.3) is 0 Å². The maximum atomic E-state index is 17.2. The number of rotatable bonds is 5. The number of halogens is 1. The molecule has 0 aromatic heterocycles. The molecule has 0 aromatic rings. The van der Waals surface area contributed by atoms with Crippen molar-refractivity contribution in [2.24, 2.45) is 28.6 Å². The Morgan fingerprint density at radius 3 is 2.61 bits per heavy atom. The molecule has 0 heterocycles. The van der Waals surface area contributed by atoms with Crippen molar-refractivity contribution in [1.82, 2.24) is 0 Å².